The van der Waals surface area contributed by atoms with Crippen LogP contribution >= 0.6 is 22.9 Å². The molecule has 0 spiro atoms. The van der Waals surface area contributed by atoms with Gasteiger partial charge in [-0.2, -0.15) is 4.98 Å². The van der Waals surface area contributed by atoms with Gasteiger partial charge in [0, 0.05) is 12.1 Å². The van der Waals surface area contributed by atoms with Gasteiger partial charge in [-0.05, 0) is 29.8 Å². The van der Waals surface area contributed by atoms with E-state index >= 15 is 0 Å². The van der Waals surface area contributed by atoms with Crippen molar-refractivity contribution in [2.45, 2.75) is 6.04 Å². The number of guanidine groups is 1. The first kappa shape index (κ1) is 19.7. The third-order valence-corrected chi connectivity index (χ3v) is 5.70. The number of ether oxygens (including phenoxy) is 1. The lowest BCUT2D eigenvalue weighted by atomic mass is 10.0. The number of nitrogens with zero attached hydrogens (tertiary/aromatic N) is 5. The number of halogens is 1. The maximum absolute atomic E-state index is 6.46. The number of methoxy groups -OCH3 is 1. The molecule has 8 nitrogen and oxygen atoms in total. The van der Waals surface area contributed by atoms with Crippen molar-refractivity contribution in [2.24, 2.45) is 4.99 Å². The van der Waals surface area contributed by atoms with E-state index in [1.54, 1.807) is 12.6 Å². The molecule has 0 saturated heterocycles. The number of aromatic nitrogens is 3. The van der Waals surface area contributed by atoms with Gasteiger partial charge in [0.25, 0.3) is 0 Å². The summed E-state index contributed by atoms with van der Waals surface area (Å²) in [6.45, 7) is 0.342. The lowest BCUT2D eigenvalue weighted by molar-refractivity contribution is 0.224. The highest BCUT2D eigenvalue weighted by molar-refractivity contribution is 7.13. The minimum atomic E-state index is -0.324. The lowest BCUT2D eigenvalue weighted by Gasteiger charge is -2.31. The van der Waals surface area contributed by atoms with Gasteiger partial charge in [0.2, 0.25) is 11.1 Å². The molecule has 0 bridgehead atoms. The van der Waals surface area contributed by atoms with Crippen molar-refractivity contribution in [3.63, 3.8) is 0 Å². The SMILES string of the molecule is COCC1=CC(c2ccccc2Cl)N=C(Nc2nc3ccccc3o2)N1c1nncs1. The van der Waals surface area contributed by atoms with Crippen molar-refractivity contribution in [2.75, 3.05) is 23.9 Å². The van der Waals surface area contributed by atoms with Crippen LogP contribution in [0.2, 0.25) is 5.02 Å². The van der Waals surface area contributed by atoms with Crippen LogP contribution < -0.4 is 10.2 Å². The highest BCUT2D eigenvalue weighted by atomic mass is 35.5. The maximum atomic E-state index is 6.46. The highest BCUT2D eigenvalue weighted by Crippen LogP contribution is 2.34. The van der Waals surface area contributed by atoms with Crippen molar-refractivity contribution >= 4 is 51.1 Å². The molecular weight excluding hydrogens is 436 g/mol. The molecule has 31 heavy (non-hydrogen) atoms. The minimum absolute atomic E-state index is 0.324. The minimum Gasteiger partial charge on any atom is -0.423 e. The van der Waals surface area contributed by atoms with E-state index in [4.69, 9.17) is 25.7 Å². The Morgan fingerprint density at radius 1 is 1.19 bits per heavy atom. The Morgan fingerprint density at radius 3 is 2.81 bits per heavy atom. The fraction of sp³-hybridized carbons (Fsp3) is 0.143. The molecule has 5 rings (SSSR count). The summed E-state index contributed by atoms with van der Waals surface area (Å²) in [5.74, 6) is 0.489. The molecular formula is C21H17ClN6O2S. The van der Waals surface area contributed by atoms with Gasteiger partial charge in [0.05, 0.1) is 12.3 Å². The van der Waals surface area contributed by atoms with Crippen LogP contribution in [0.3, 0.4) is 0 Å². The Kier molecular flexibility index (Phi) is 5.37. The smallest absolute Gasteiger partial charge is 0.302 e. The fourth-order valence-electron chi connectivity index (χ4n) is 3.34. The van der Waals surface area contributed by atoms with Crippen molar-refractivity contribution in [1.29, 1.82) is 0 Å². The number of para-hydroxylation sites is 2. The van der Waals surface area contributed by atoms with Gasteiger partial charge >= 0.3 is 6.01 Å². The van der Waals surface area contributed by atoms with Crippen molar-refractivity contribution in [3.8, 4) is 0 Å². The number of fused-ring (bicyclic) bond motifs is 1. The molecule has 156 valence electrons. The summed E-state index contributed by atoms with van der Waals surface area (Å²) < 4.78 is 11.3. The quantitative estimate of drug-likeness (QED) is 0.461. The summed E-state index contributed by atoms with van der Waals surface area (Å²) >= 11 is 7.85. The predicted molar refractivity (Wildman–Crippen MR) is 122 cm³/mol. The number of rotatable bonds is 5. The second kappa shape index (κ2) is 8.46. The highest BCUT2D eigenvalue weighted by Gasteiger charge is 2.29. The topological polar surface area (TPSA) is 88.7 Å². The van der Waals surface area contributed by atoms with E-state index in [1.807, 2.05) is 59.5 Å². The Balaban J connectivity index is 1.60. The normalized spacial score (nSPS) is 16.3. The molecule has 2 aromatic carbocycles. The molecule has 4 aromatic rings. The second-order valence-corrected chi connectivity index (χ2v) is 7.90. The predicted octanol–water partition coefficient (Wildman–Crippen LogP) is 4.89. The van der Waals surface area contributed by atoms with Gasteiger partial charge < -0.3 is 9.15 Å². The first-order chi connectivity index (χ1) is 15.2. The third-order valence-electron chi connectivity index (χ3n) is 4.68. The molecule has 0 amide bonds. The monoisotopic (exact) mass is 452 g/mol. The van der Waals surface area contributed by atoms with E-state index in [1.165, 1.54) is 11.3 Å². The average Bonchev–Trinajstić information content (AvgIpc) is 3.43. The molecule has 10 heteroatoms. The number of benzene rings is 2. The Hall–Kier alpha value is -3.27. The third kappa shape index (κ3) is 3.90. The molecule has 2 aromatic heterocycles. The van der Waals surface area contributed by atoms with Gasteiger partial charge in [0.15, 0.2) is 5.58 Å². The molecule has 1 unspecified atom stereocenters. The largest absolute Gasteiger partial charge is 0.423 e. The van der Waals surface area contributed by atoms with Gasteiger partial charge in [-0.3, -0.25) is 10.2 Å². The van der Waals surface area contributed by atoms with Crippen LogP contribution in [0.15, 0.2) is 75.2 Å². The summed E-state index contributed by atoms with van der Waals surface area (Å²) in [7, 11) is 1.64. The van der Waals surface area contributed by atoms with Crippen LogP contribution in [-0.4, -0.2) is 34.9 Å². The van der Waals surface area contributed by atoms with E-state index in [9.17, 15) is 0 Å². The zero-order valence-corrected chi connectivity index (χ0v) is 18.0. The molecule has 0 fully saturated rings. The number of aliphatic imine (C=N–C) groups is 1. The zero-order valence-electron chi connectivity index (χ0n) is 16.4. The first-order valence-electron chi connectivity index (χ1n) is 9.43. The van der Waals surface area contributed by atoms with Gasteiger partial charge in [-0.1, -0.05) is 53.3 Å². The molecule has 0 aliphatic carbocycles. The number of oxazole rings is 1. The van der Waals surface area contributed by atoms with Crippen LogP contribution in [0.1, 0.15) is 11.6 Å². The summed E-state index contributed by atoms with van der Waals surface area (Å²) in [6, 6.07) is 15.2. The van der Waals surface area contributed by atoms with Crippen LogP contribution in [0.4, 0.5) is 11.1 Å². The van der Waals surface area contributed by atoms with Crippen molar-refractivity contribution in [1.82, 2.24) is 15.2 Å². The van der Waals surface area contributed by atoms with Gasteiger partial charge in [0.1, 0.15) is 17.1 Å². The van der Waals surface area contributed by atoms with Crippen LogP contribution in [-0.2, 0) is 4.74 Å². The molecule has 1 N–H and O–H groups in total. The second-order valence-electron chi connectivity index (χ2n) is 6.68. The summed E-state index contributed by atoms with van der Waals surface area (Å²) in [5.41, 5.74) is 4.82. The fourth-order valence-corrected chi connectivity index (χ4v) is 4.18. The van der Waals surface area contributed by atoms with E-state index in [-0.39, 0.29) is 6.04 Å². The van der Waals surface area contributed by atoms with E-state index in [0.717, 1.165) is 16.8 Å². The van der Waals surface area contributed by atoms with Crippen molar-refractivity contribution < 1.29 is 9.15 Å². The van der Waals surface area contributed by atoms with Gasteiger partial charge in [-0.15, -0.1) is 10.2 Å². The number of anilines is 2. The molecule has 1 atom stereocenters. The number of hydrogen-bond donors (Lipinski definition) is 1. The zero-order chi connectivity index (χ0) is 21.2. The van der Waals surface area contributed by atoms with Gasteiger partial charge in [-0.25, -0.2) is 4.99 Å². The Bertz CT molecular complexity index is 1240. The molecule has 1 aliphatic rings. The standard InChI is InChI=1S/C21H17ClN6O2S/c1-29-11-13-10-17(14-6-2-3-7-15(14)22)24-19(28(13)21-27-23-12-31-21)26-20-25-16-8-4-5-9-18(16)30-20/h2-10,12,17H,11H2,1H3,(H,24,25,26). The summed E-state index contributed by atoms with van der Waals surface area (Å²) in [5, 5.41) is 12.7. The Morgan fingerprint density at radius 2 is 2.03 bits per heavy atom. The van der Waals surface area contributed by atoms with Crippen LogP contribution in [0, 0.1) is 0 Å². The van der Waals surface area contributed by atoms with E-state index in [0.29, 0.717) is 34.3 Å². The summed E-state index contributed by atoms with van der Waals surface area (Å²) in [4.78, 5) is 11.3. The number of hydrogen-bond acceptors (Lipinski definition) is 9. The van der Waals surface area contributed by atoms with Crippen molar-refractivity contribution in [3.05, 3.63) is 76.4 Å². The summed E-state index contributed by atoms with van der Waals surface area (Å²) in [6.07, 6.45) is 2.00. The maximum Gasteiger partial charge on any atom is 0.302 e. The van der Waals surface area contributed by atoms with E-state index in [2.05, 4.69) is 20.5 Å². The van der Waals surface area contributed by atoms with E-state index < -0.39 is 0 Å². The molecule has 3 heterocycles. The average molecular weight is 453 g/mol. The van der Waals surface area contributed by atoms with Crippen LogP contribution in [0.5, 0.6) is 0 Å². The van der Waals surface area contributed by atoms with Crippen LogP contribution in [0.25, 0.3) is 11.1 Å². The Labute approximate surface area is 186 Å². The molecule has 0 saturated carbocycles. The number of nitrogens with one attached hydrogen (secondary N) is 1. The molecule has 1 aliphatic heterocycles. The first-order valence-corrected chi connectivity index (χ1v) is 10.7. The lowest BCUT2D eigenvalue weighted by Crippen LogP contribution is -2.40. The molecule has 0 radical (unpaired) electrons.